The number of hydrogen-bond acceptors (Lipinski definition) is 3. The zero-order valence-electron chi connectivity index (χ0n) is 10.7. The molecule has 2 N–H and O–H groups in total. The first-order chi connectivity index (χ1) is 8.02. The number of phenols is 1. The molecule has 1 aromatic rings. The highest BCUT2D eigenvalue weighted by Crippen LogP contribution is 2.50. The highest BCUT2D eigenvalue weighted by Gasteiger charge is 2.48. The Kier molecular flexibility index (Phi) is 2.17. The molecule has 0 spiro atoms. The van der Waals surface area contributed by atoms with E-state index >= 15 is 0 Å². The second-order valence-corrected chi connectivity index (χ2v) is 5.81. The molecule has 1 aromatic carbocycles. The van der Waals surface area contributed by atoms with Crippen LogP contribution in [0.3, 0.4) is 0 Å². The maximum atomic E-state index is 10.1. The molecule has 1 saturated heterocycles. The Bertz CT molecular complexity index is 456. The van der Waals surface area contributed by atoms with E-state index in [0.717, 1.165) is 18.7 Å². The van der Waals surface area contributed by atoms with Crippen LogP contribution in [-0.4, -0.2) is 30.3 Å². The van der Waals surface area contributed by atoms with Crippen molar-refractivity contribution in [1.82, 2.24) is 5.32 Å². The summed E-state index contributed by atoms with van der Waals surface area (Å²) < 4.78 is 0. The molecule has 2 aliphatic rings. The van der Waals surface area contributed by atoms with Crippen LogP contribution < -0.4 is 10.2 Å². The number of fused-ring (bicyclic) bond motifs is 3. The Labute approximate surface area is 102 Å². The van der Waals surface area contributed by atoms with Gasteiger partial charge in [0.05, 0.1) is 11.7 Å². The van der Waals surface area contributed by atoms with Crippen molar-refractivity contribution in [3.8, 4) is 5.75 Å². The third-order valence-corrected chi connectivity index (χ3v) is 4.37. The van der Waals surface area contributed by atoms with Crippen LogP contribution in [0.1, 0.15) is 31.7 Å². The van der Waals surface area contributed by atoms with Gasteiger partial charge in [-0.1, -0.05) is 12.1 Å². The first kappa shape index (κ1) is 10.9. The van der Waals surface area contributed by atoms with Crippen LogP contribution in [0.15, 0.2) is 18.2 Å². The van der Waals surface area contributed by atoms with Gasteiger partial charge in [-0.15, -0.1) is 0 Å². The van der Waals surface area contributed by atoms with Gasteiger partial charge in [-0.2, -0.15) is 0 Å². The summed E-state index contributed by atoms with van der Waals surface area (Å²) in [5.41, 5.74) is 2.43. The summed E-state index contributed by atoms with van der Waals surface area (Å²) in [6.45, 7) is 5.56. The number of piperidine rings is 1. The predicted octanol–water partition coefficient (Wildman–Crippen LogP) is 2.07. The summed E-state index contributed by atoms with van der Waals surface area (Å²) >= 11 is 0. The van der Waals surface area contributed by atoms with Gasteiger partial charge in [-0.3, -0.25) is 0 Å². The number of benzene rings is 1. The van der Waals surface area contributed by atoms with E-state index in [9.17, 15) is 5.11 Å². The molecule has 2 aliphatic heterocycles. The molecule has 0 bridgehead atoms. The smallest absolute Gasteiger partial charge is 0.139 e. The van der Waals surface area contributed by atoms with Crippen molar-refractivity contribution in [1.29, 1.82) is 0 Å². The molecule has 92 valence electrons. The third-order valence-electron chi connectivity index (χ3n) is 4.37. The molecule has 1 fully saturated rings. The zero-order chi connectivity index (χ0) is 12.2. The molecule has 3 nitrogen and oxygen atoms in total. The van der Waals surface area contributed by atoms with E-state index in [1.807, 2.05) is 6.07 Å². The summed E-state index contributed by atoms with van der Waals surface area (Å²) in [5, 5.41) is 13.6. The van der Waals surface area contributed by atoms with Crippen LogP contribution in [0.4, 0.5) is 5.69 Å². The van der Waals surface area contributed by atoms with E-state index in [2.05, 4.69) is 37.2 Å². The van der Waals surface area contributed by atoms with Crippen LogP contribution in [0.25, 0.3) is 0 Å². The lowest BCUT2D eigenvalue weighted by Crippen LogP contribution is -2.60. The number of nitrogens with zero attached hydrogens (tertiary/aromatic N) is 1. The highest BCUT2D eigenvalue weighted by molar-refractivity contribution is 5.70. The minimum Gasteiger partial charge on any atom is -0.506 e. The second-order valence-electron chi connectivity index (χ2n) is 5.81. The molecule has 3 heteroatoms. The maximum Gasteiger partial charge on any atom is 0.139 e. The summed E-state index contributed by atoms with van der Waals surface area (Å²) in [6, 6.07) is 6.34. The monoisotopic (exact) mass is 232 g/mol. The third kappa shape index (κ3) is 1.38. The van der Waals surface area contributed by atoms with E-state index in [0.29, 0.717) is 17.7 Å². The van der Waals surface area contributed by atoms with Crippen molar-refractivity contribution >= 4 is 5.69 Å². The normalized spacial score (nSPS) is 29.9. The van der Waals surface area contributed by atoms with Gasteiger partial charge in [-0.05, 0) is 38.4 Å². The van der Waals surface area contributed by atoms with Crippen LogP contribution in [0.5, 0.6) is 5.75 Å². The fraction of sp³-hybridized carbons (Fsp3) is 0.571. The van der Waals surface area contributed by atoms with Gasteiger partial charge in [0.1, 0.15) is 5.75 Å². The standard InChI is InChI=1S/C14H20N2O/c1-14(2)13-10(7-8-15-14)9-5-4-6-11(17)12(9)16(13)3/h4-6,10,13,15,17H,7-8H2,1-3H3. The minimum absolute atomic E-state index is 0.0864. The van der Waals surface area contributed by atoms with Crippen molar-refractivity contribution in [3.63, 3.8) is 0 Å². The van der Waals surface area contributed by atoms with E-state index in [4.69, 9.17) is 0 Å². The number of hydrogen-bond donors (Lipinski definition) is 2. The highest BCUT2D eigenvalue weighted by atomic mass is 16.3. The lowest BCUT2D eigenvalue weighted by molar-refractivity contribution is 0.237. The SMILES string of the molecule is CN1c2c(O)cccc2C2CCNC(C)(C)C21. The first-order valence-corrected chi connectivity index (χ1v) is 6.32. The Morgan fingerprint density at radius 3 is 2.94 bits per heavy atom. The minimum atomic E-state index is 0.0864. The summed E-state index contributed by atoms with van der Waals surface area (Å²) in [4.78, 5) is 2.25. The van der Waals surface area contributed by atoms with Crippen LogP contribution >= 0.6 is 0 Å². The molecule has 0 amide bonds. The van der Waals surface area contributed by atoms with Gasteiger partial charge < -0.3 is 15.3 Å². The van der Waals surface area contributed by atoms with Gasteiger partial charge in [0.25, 0.3) is 0 Å². The quantitative estimate of drug-likeness (QED) is 0.719. The molecule has 2 unspecified atom stereocenters. The molecular weight excluding hydrogens is 212 g/mol. The number of para-hydroxylation sites is 1. The Hall–Kier alpha value is -1.22. The van der Waals surface area contributed by atoms with Crippen molar-refractivity contribution < 1.29 is 5.11 Å². The average Bonchev–Trinajstić information content (AvgIpc) is 2.55. The molecule has 0 saturated carbocycles. The molecule has 0 radical (unpaired) electrons. The summed E-state index contributed by atoms with van der Waals surface area (Å²) in [6.07, 6.45) is 1.15. The average molecular weight is 232 g/mol. The molecule has 0 aliphatic carbocycles. The van der Waals surface area contributed by atoms with Crippen LogP contribution in [-0.2, 0) is 0 Å². The maximum absolute atomic E-state index is 10.1. The molecule has 2 atom stereocenters. The lowest BCUT2D eigenvalue weighted by Gasteiger charge is -2.45. The largest absolute Gasteiger partial charge is 0.506 e. The zero-order valence-corrected chi connectivity index (χ0v) is 10.7. The van der Waals surface area contributed by atoms with Crippen molar-refractivity contribution in [2.75, 3.05) is 18.5 Å². The predicted molar refractivity (Wildman–Crippen MR) is 69.7 cm³/mol. The second kappa shape index (κ2) is 3.39. The summed E-state index contributed by atoms with van der Waals surface area (Å²) in [7, 11) is 2.10. The number of anilines is 1. The van der Waals surface area contributed by atoms with E-state index in [1.54, 1.807) is 6.07 Å². The molecule has 3 rings (SSSR count). The Morgan fingerprint density at radius 1 is 1.41 bits per heavy atom. The van der Waals surface area contributed by atoms with E-state index < -0.39 is 0 Å². The molecule has 17 heavy (non-hydrogen) atoms. The van der Waals surface area contributed by atoms with Gasteiger partial charge in [0.15, 0.2) is 0 Å². The number of rotatable bonds is 0. The number of phenolic OH excluding ortho intramolecular Hbond substituents is 1. The van der Waals surface area contributed by atoms with Gasteiger partial charge >= 0.3 is 0 Å². The molecular formula is C14H20N2O. The van der Waals surface area contributed by atoms with Crippen molar-refractivity contribution in [2.45, 2.75) is 37.8 Å². The van der Waals surface area contributed by atoms with Crippen molar-refractivity contribution in [2.24, 2.45) is 0 Å². The number of aromatic hydroxyl groups is 1. The number of nitrogens with one attached hydrogen (secondary N) is 1. The molecule has 2 heterocycles. The Balaban J connectivity index is 2.13. The van der Waals surface area contributed by atoms with Gasteiger partial charge in [0, 0.05) is 18.5 Å². The van der Waals surface area contributed by atoms with E-state index in [-0.39, 0.29) is 5.54 Å². The summed E-state index contributed by atoms with van der Waals surface area (Å²) in [5.74, 6) is 0.952. The van der Waals surface area contributed by atoms with Gasteiger partial charge in [0.2, 0.25) is 0 Å². The fourth-order valence-electron chi connectivity index (χ4n) is 3.77. The Morgan fingerprint density at radius 2 is 2.18 bits per heavy atom. The topological polar surface area (TPSA) is 35.5 Å². The fourth-order valence-corrected chi connectivity index (χ4v) is 3.77. The van der Waals surface area contributed by atoms with Gasteiger partial charge in [-0.25, -0.2) is 0 Å². The van der Waals surface area contributed by atoms with Crippen molar-refractivity contribution in [3.05, 3.63) is 23.8 Å². The first-order valence-electron chi connectivity index (χ1n) is 6.32. The van der Waals surface area contributed by atoms with E-state index in [1.165, 1.54) is 5.56 Å². The van der Waals surface area contributed by atoms with Crippen LogP contribution in [0.2, 0.25) is 0 Å². The number of likely N-dealkylation sites (N-methyl/N-ethyl adjacent to an activating group) is 1. The molecule has 0 aromatic heterocycles. The van der Waals surface area contributed by atoms with Crippen LogP contribution in [0, 0.1) is 0 Å². The lowest BCUT2D eigenvalue weighted by atomic mass is 9.78.